The normalized spacial score (nSPS) is 12.7. The predicted octanol–water partition coefficient (Wildman–Crippen LogP) is 1.86. The first-order valence-corrected chi connectivity index (χ1v) is 5.51. The van der Waals surface area contributed by atoms with E-state index in [-0.39, 0.29) is 13.2 Å². The molecule has 0 aliphatic rings. The number of ether oxygens (including phenoxy) is 1. The van der Waals surface area contributed by atoms with Gasteiger partial charge in [0.2, 0.25) is 0 Å². The Balaban J connectivity index is 2.36. The summed E-state index contributed by atoms with van der Waals surface area (Å²) in [4.78, 5) is 15.7. The molecule has 2 heterocycles. The summed E-state index contributed by atoms with van der Waals surface area (Å²) in [5.41, 5.74) is 0.933. The lowest BCUT2D eigenvalue weighted by Crippen LogP contribution is -2.08. The summed E-state index contributed by atoms with van der Waals surface area (Å²) in [6.45, 7) is 1.54. The third-order valence-electron chi connectivity index (χ3n) is 2.45. The van der Waals surface area contributed by atoms with Gasteiger partial charge in [-0.3, -0.25) is 4.79 Å². The highest BCUT2D eigenvalue weighted by molar-refractivity contribution is 5.82. The van der Waals surface area contributed by atoms with E-state index in [9.17, 15) is 4.79 Å². The van der Waals surface area contributed by atoms with Crippen molar-refractivity contribution in [3.8, 4) is 6.07 Å². The quantitative estimate of drug-likeness (QED) is 0.771. The third-order valence-corrected chi connectivity index (χ3v) is 2.45. The molecule has 2 aromatic heterocycles. The molecule has 5 heteroatoms. The third kappa shape index (κ3) is 2.33. The van der Waals surface area contributed by atoms with Gasteiger partial charge in [-0.1, -0.05) is 0 Å². The fourth-order valence-electron chi connectivity index (χ4n) is 1.65. The first-order valence-electron chi connectivity index (χ1n) is 6.51. The second-order valence-corrected chi connectivity index (χ2v) is 3.55. The van der Waals surface area contributed by atoms with Crippen molar-refractivity contribution in [2.24, 2.45) is 0 Å². The Labute approximate surface area is 107 Å². The first kappa shape index (κ1) is 9.66. The van der Waals surface area contributed by atoms with E-state index in [0.717, 1.165) is 0 Å². The van der Waals surface area contributed by atoms with Gasteiger partial charge in [-0.25, -0.2) is 4.98 Å². The van der Waals surface area contributed by atoms with Crippen LogP contribution in [0.25, 0.3) is 11.0 Å². The summed E-state index contributed by atoms with van der Waals surface area (Å²) < 4.78 is 21.7. The smallest absolute Gasteiger partial charge is 0.307 e. The number of hydrogen-bond acceptors (Lipinski definition) is 4. The predicted molar refractivity (Wildman–Crippen MR) is 65.7 cm³/mol. The Morgan fingerprint density at radius 3 is 3.22 bits per heavy atom. The number of nitrogens with zero attached hydrogens (tertiary/aromatic N) is 3. The van der Waals surface area contributed by atoms with Crippen LogP contribution in [0.2, 0.25) is 0 Å². The SMILES string of the molecule is [2H]C([2H])(Cn1ccc2c(C#N)ccnc21)C(=O)OCC. The summed E-state index contributed by atoms with van der Waals surface area (Å²) in [6.07, 6.45) is 0.944. The molecule has 0 aromatic carbocycles. The van der Waals surface area contributed by atoms with E-state index in [2.05, 4.69) is 11.1 Å². The van der Waals surface area contributed by atoms with Gasteiger partial charge in [0, 0.05) is 27.1 Å². The van der Waals surface area contributed by atoms with E-state index in [1.54, 1.807) is 25.3 Å². The molecule has 0 spiro atoms. The van der Waals surface area contributed by atoms with E-state index >= 15 is 0 Å². The molecule has 0 N–H and O–H groups in total. The van der Waals surface area contributed by atoms with E-state index in [1.165, 1.54) is 10.8 Å². The van der Waals surface area contributed by atoms with Gasteiger partial charge in [-0.15, -0.1) is 0 Å². The van der Waals surface area contributed by atoms with Gasteiger partial charge >= 0.3 is 5.97 Å². The molecule has 0 aliphatic carbocycles. The molecule has 92 valence electrons. The number of rotatable bonds is 4. The number of aryl methyl sites for hydroxylation is 1. The van der Waals surface area contributed by atoms with Crippen LogP contribution in [0.3, 0.4) is 0 Å². The average Bonchev–Trinajstić information content (AvgIpc) is 2.81. The average molecular weight is 245 g/mol. The van der Waals surface area contributed by atoms with Crippen molar-refractivity contribution in [1.82, 2.24) is 9.55 Å². The summed E-state index contributed by atoms with van der Waals surface area (Å²) in [6, 6.07) is 5.32. The molecule has 0 aliphatic heterocycles. The Morgan fingerprint density at radius 1 is 1.67 bits per heavy atom. The fraction of sp³-hybridized carbons (Fsp3) is 0.308. The summed E-state index contributed by atoms with van der Waals surface area (Å²) in [5.74, 6) is -0.904. The molecular formula is C13H13N3O2. The maximum absolute atomic E-state index is 11.6. The molecule has 2 aromatic rings. The lowest BCUT2D eigenvalue weighted by molar-refractivity contribution is -0.143. The van der Waals surface area contributed by atoms with E-state index < -0.39 is 12.3 Å². The minimum Gasteiger partial charge on any atom is -0.466 e. The van der Waals surface area contributed by atoms with Gasteiger partial charge in [0.05, 0.1) is 24.6 Å². The van der Waals surface area contributed by atoms with Crippen molar-refractivity contribution in [3.63, 3.8) is 0 Å². The number of hydrogen-bond donors (Lipinski definition) is 0. The molecule has 0 radical (unpaired) electrons. The molecule has 0 saturated heterocycles. The van der Waals surface area contributed by atoms with Crippen LogP contribution >= 0.6 is 0 Å². The second kappa shape index (κ2) is 5.32. The van der Waals surface area contributed by atoms with Crippen LogP contribution in [-0.4, -0.2) is 22.1 Å². The molecule has 0 bridgehead atoms. The second-order valence-electron chi connectivity index (χ2n) is 3.55. The molecule has 2 rings (SSSR count). The van der Waals surface area contributed by atoms with Gasteiger partial charge < -0.3 is 9.30 Å². The Bertz CT molecular complexity index is 688. The van der Waals surface area contributed by atoms with Gasteiger partial charge in [0.1, 0.15) is 5.65 Å². The summed E-state index contributed by atoms with van der Waals surface area (Å²) in [7, 11) is 0. The molecule has 5 nitrogen and oxygen atoms in total. The fourth-order valence-corrected chi connectivity index (χ4v) is 1.65. The topological polar surface area (TPSA) is 67.9 Å². The number of nitriles is 1. The molecule has 0 fully saturated rings. The molecule has 0 unspecified atom stereocenters. The number of fused-ring (bicyclic) bond motifs is 1. The minimum absolute atomic E-state index is 0.127. The molecular weight excluding hydrogens is 230 g/mol. The Hall–Kier alpha value is -2.35. The highest BCUT2D eigenvalue weighted by atomic mass is 16.5. The number of carbonyl (C=O) groups excluding carboxylic acids is 1. The van der Waals surface area contributed by atoms with Crippen LogP contribution in [0.15, 0.2) is 24.5 Å². The molecule has 0 atom stereocenters. The first-order chi connectivity index (χ1) is 9.49. The zero-order valence-corrected chi connectivity index (χ0v) is 9.88. The van der Waals surface area contributed by atoms with Crippen molar-refractivity contribution in [1.29, 1.82) is 5.26 Å². The van der Waals surface area contributed by atoms with Crippen molar-refractivity contribution < 1.29 is 12.3 Å². The Morgan fingerprint density at radius 2 is 2.50 bits per heavy atom. The van der Waals surface area contributed by atoms with Crippen LogP contribution in [-0.2, 0) is 16.1 Å². The highest BCUT2D eigenvalue weighted by Crippen LogP contribution is 2.17. The zero-order valence-electron chi connectivity index (χ0n) is 11.9. The largest absolute Gasteiger partial charge is 0.466 e. The van der Waals surface area contributed by atoms with Gasteiger partial charge in [0.15, 0.2) is 0 Å². The lowest BCUT2D eigenvalue weighted by atomic mass is 10.2. The van der Waals surface area contributed by atoms with Gasteiger partial charge in [-0.05, 0) is 19.1 Å². The van der Waals surface area contributed by atoms with E-state index in [4.69, 9.17) is 12.7 Å². The number of pyridine rings is 1. The summed E-state index contributed by atoms with van der Waals surface area (Å²) >= 11 is 0. The number of esters is 1. The highest BCUT2D eigenvalue weighted by Gasteiger charge is 2.08. The van der Waals surface area contributed by atoms with Crippen LogP contribution in [0.4, 0.5) is 0 Å². The zero-order chi connectivity index (χ0) is 14.8. The number of carbonyl (C=O) groups is 1. The van der Waals surface area contributed by atoms with Crippen molar-refractivity contribution in [2.75, 3.05) is 6.61 Å². The van der Waals surface area contributed by atoms with Crippen molar-refractivity contribution in [3.05, 3.63) is 30.1 Å². The lowest BCUT2D eigenvalue weighted by Gasteiger charge is -2.04. The van der Waals surface area contributed by atoms with Crippen LogP contribution in [0.5, 0.6) is 0 Å². The van der Waals surface area contributed by atoms with Crippen LogP contribution < -0.4 is 0 Å². The maximum Gasteiger partial charge on any atom is 0.307 e. The standard InChI is InChI=1S/C13H13N3O2/c1-2-18-12(17)5-8-16-7-4-11-10(9-14)3-6-15-13(11)16/h3-4,6-7H,2,5,8H2,1H3/i5D2. The van der Waals surface area contributed by atoms with E-state index in [0.29, 0.717) is 16.6 Å². The van der Waals surface area contributed by atoms with Gasteiger partial charge in [0.25, 0.3) is 0 Å². The Kier molecular flexibility index (Phi) is 2.85. The van der Waals surface area contributed by atoms with Crippen LogP contribution in [0.1, 0.15) is 21.6 Å². The maximum atomic E-state index is 11.6. The minimum atomic E-state index is -2.15. The van der Waals surface area contributed by atoms with Gasteiger partial charge in [-0.2, -0.15) is 5.26 Å². The van der Waals surface area contributed by atoms with Crippen molar-refractivity contribution in [2.45, 2.75) is 19.8 Å². The molecule has 0 saturated carbocycles. The van der Waals surface area contributed by atoms with Crippen molar-refractivity contribution >= 4 is 17.0 Å². The molecule has 18 heavy (non-hydrogen) atoms. The van der Waals surface area contributed by atoms with E-state index in [1.807, 2.05) is 0 Å². The number of aromatic nitrogens is 2. The monoisotopic (exact) mass is 245 g/mol. The van der Waals surface area contributed by atoms with Crippen LogP contribution in [0, 0.1) is 11.3 Å². The molecule has 0 amide bonds. The summed E-state index contributed by atoms with van der Waals surface area (Å²) in [5, 5.41) is 9.63.